The number of aromatic nitrogens is 2. The monoisotopic (exact) mass is 254 g/mol. The Kier molecular flexibility index (Phi) is 2.71. The minimum atomic E-state index is -0.0381. The van der Waals surface area contributed by atoms with Crippen molar-refractivity contribution in [3.8, 4) is 6.01 Å². The molecule has 4 nitrogen and oxygen atoms in total. The zero-order valence-electron chi connectivity index (χ0n) is 10.8. The molecule has 0 radical (unpaired) electrons. The standard InChI is InChI=1S/C15H14N2O2/c1-10(2)14(18)12-9-17(15-16-7-8-19-15)13-6-4-3-5-11(12)13/h3-10H,1-2H3. The van der Waals surface area contributed by atoms with Crippen molar-refractivity contribution in [2.75, 3.05) is 0 Å². The Morgan fingerprint density at radius 2 is 2.11 bits per heavy atom. The Morgan fingerprint density at radius 1 is 1.32 bits per heavy atom. The third-order valence-electron chi connectivity index (χ3n) is 3.13. The van der Waals surface area contributed by atoms with Crippen LogP contribution in [0.5, 0.6) is 0 Å². The molecule has 3 rings (SSSR count). The van der Waals surface area contributed by atoms with Gasteiger partial charge in [0.15, 0.2) is 5.78 Å². The first kappa shape index (κ1) is 11.7. The number of fused-ring (bicyclic) bond motifs is 1. The fourth-order valence-electron chi connectivity index (χ4n) is 2.18. The molecule has 0 saturated heterocycles. The third-order valence-corrected chi connectivity index (χ3v) is 3.13. The molecule has 0 bridgehead atoms. The number of rotatable bonds is 3. The van der Waals surface area contributed by atoms with E-state index in [1.165, 1.54) is 6.26 Å². The van der Waals surface area contributed by atoms with Gasteiger partial charge in [0.2, 0.25) is 0 Å². The van der Waals surface area contributed by atoms with Crippen LogP contribution in [0.25, 0.3) is 16.9 Å². The number of nitrogens with zero attached hydrogens (tertiary/aromatic N) is 2. The number of benzene rings is 1. The first-order valence-electron chi connectivity index (χ1n) is 6.22. The Bertz CT molecular complexity index is 724. The minimum absolute atomic E-state index is 0.0381. The summed E-state index contributed by atoms with van der Waals surface area (Å²) in [7, 11) is 0. The van der Waals surface area contributed by atoms with E-state index in [2.05, 4.69) is 4.98 Å². The van der Waals surface area contributed by atoms with Gasteiger partial charge in [-0.2, -0.15) is 0 Å². The third kappa shape index (κ3) is 1.85. The quantitative estimate of drug-likeness (QED) is 0.672. The van der Waals surface area contributed by atoms with E-state index in [0.717, 1.165) is 10.9 Å². The summed E-state index contributed by atoms with van der Waals surface area (Å²) in [5.74, 6) is 0.0883. The number of carbonyl (C=O) groups is 1. The number of Topliss-reactive ketones (excluding diaryl/α,β-unsaturated/α-hetero) is 1. The maximum absolute atomic E-state index is 12.3. The van der Waals surface area contributed by atoms with Gasteiger partial charge in [-0.05, 0) is 6.07 Å². The molecule has 0 atom stereocenters. The van der Waals surface area contributed by atoms with Crippen molar-refractivity contribution in [2.45, 2.75) is 13.8 Å². The van der Waals surface area contributed by atoms with Crippen LogP contribution in [-0.4, -0.2) is 15.3 Å². The van der Waals surface area contributed by atoms with Crippen LogP contribution < -0.4 is 0 Å². The van der Waals surface area contributed by atoms with E-state index < -0.39 is 0 Å². The van der Waals surface area contributed by atoms with E-state index >= 15 is 0 Å². The first-order valence-corrected chi connectivity index (χ1v) is 6.22. The van der Waals surface area contributed by atoms with Gasteiger partial charge in [-0.25, -0.2) is 4.98 Å². The van der Waals surface area contributed by atoms with E-state index in [4.69, 9.17) is 4.42 Å². The van der Waals surface area contributed by atoms with Crippen LogP contribution in [0.4, 0.5) is 0 Å². The summed E-state index contributed by atoms with van der Waals surface area (Å²) in [5.41, 5.74) is 1.64. The molecule has 2 aromatic heterocycles. The van der Waals surface area contributed by atoms with Gasteiger partial charge in [0.05, 0.1) is 11.7 Å². The number of hydrogen-bond donors (Lipinski definition) is 0. The second-order valence-corrected chi connectivity index (χ2v) is 4.76. The van der Waals surface area contributed by atoms with Crippen LogP contribution in [-0.2, 0) is 0 Å². The van der Waals surface area contributed by atoms with Crippen molar-refractivity contribution in [3.63, 3.8) is 0 Å². The average molecular weight is 254 g/mol. The van der Waals surface area contributed by atoms with Gasteiger partial charge in [0.25, 0.3) is 0 Å². The summed E-state index contributed by atoms with van der Waals surface area (Å²) in [6.07, 6.45) is 4.92. The lowest BCUT2D eigenvalue weighted by Crippen LogP contribution is -2.06. The summed E-state index contributed by atoms with van der Waals surface area (Å²) in [6, 6.07) is 8.24. The van der Waals surface area contributed by atoms with E-state index in [1.54, 1.807) is 12.4 Å². The van der Waals surface area contributed by atoms with Crippen molar-refractivity contribution in [2.24, 2.45) is 5.92 Å². The van der Waals surface area contributed by atoms with E-state index in [9.17, 15) is 4.79 Å². The largest absolute Gasteiger partial charge is 0.432 e. The summed E-state index contributed by atoms with van der Waals surface area (Å²) >= 11 is 0. The highest BCUT2D eigenvalue weighted by Gasteiger charge is 2.19. The second kappa shape index (κ2) is 4.39. The molecular weight excluding hydrogens is 240 g/mol. The van der Waals surface area contributed by atoms with Gasteiger partial charge in [-0.3, -0.25) is 9.36 Å². The first-order chi connectivity index (χ1) is 9.18. The van der Waals surface area contributed by atoms with Crippen LogP contribution >= 0.6 is 0 Å². The number of ketones is 1. The molecule has 19 heavy (non-hydrogen) atoms. The molecule has 2 heterocycles. The van der Waals surface area contributed by atoms with Crippen LogP contribution in [0.15, 0.2) is 47.3 Å². The predicted molar refractivity (Wildman–Crippen MR) is 72.5 cm³/mol. The molecule has 0 aliphatic rings. The topological polar surface area (TPSA) is 48.0 Å². The van der Waals surface area contributed by atoms with Gasteiger partial charge in [-0.15, -0.1) is 0 Å². The average Bonchev–Trinajstić information content (AvgIpc) is 3.04. The fraction of sp³-hybridized carbons (Fsp3) is 0.200. The summed E-state index contributed by atoms with van der Waals surface area (Å²) < 4.78 is 7.13. The maximum atomic E-state index is 12.3. The maximum Gasteiger partial charge on any atom is 0.306 e. The number of oxazole rings is 1. The predicted octanol–water partition coefficient (Wildman–Crippen LogP) is 3.46. The number of hydrogen-bond acceptors (Lipinski definition) is 3. The van der Waals surface area contributed by atoms with Gasteiger partial charge < -0.3 is 4.42 Å². The summed E-state index contributed by atoms with van der Waals surface area (Å²) in [4.78, 5) is 16.4. The van der Waals surface area contributed by atoms with Crippen LogP contribution in [0.3, 0.4) is 0 Å². The molecule has 0 aliphatic carbocycles. The van der Waals surface area contributed by atoms with Crippen LogP contribution in [0, 0.1) is 5.92 Å². The van der Waals surface area contributed by atoms with E-state index in [1.807, 2.05) is 42.7 Å². The minimum Gasteiger partial charge on any atom is -0.432 e. The molecule has 0 amide bonds. The molecule has 0 unspecified atom stereocenters. The molecule has 96 valence electrons. The highest BCUT2D eigenvalue weighted by atomic mass is 16.4. The normalized spacial score (nSPS) is 11.3. The zero-order chi connectivity index (χ0) is 13.4. The zero-order valence-corrected chi connectivity index (χ0v) is 10.8. The second-order valence-electron chi connectivity index (χ2n) is 4.76. The molecule has 1 aromatic carbocycles. The van der Waals surface area contributed by atoms with Gasteiger partial charge >= 0.3 is 6.01 Å². The molecule has 0 fully saturated rings. The lowest BCUT2D eigenvalue weighted by molar-refractivity contribution is 0.0941. The molecular formula is C15H14N2O2. The lowest BCUT2D eigenvalue weighted by atomic mass is 10.0. The smallest absolute Gasteiger partial charge is 0.306 e. The Labute approximate surface area is 110 Å². The molecule has 0 spiro atoms. The van der Waals surface area contributed by atoms with Gasteiger partial charge in [0, 0.05) is 23.1 Å². The van der Waals surface area contributed by atoms with Crippen LogP contribution in [0.2, 0.25) is 0 Å². The number of para-hydroxylation sites is 1. The Balaban J connectivity index is 2.28. The van der Waals surface area contributed by atoms with Gasteiger partial charge in [0.1, 0.15) is 6.26 Å². The Hall–Kier alpha value is -2.36. The fourth-order valence-corrected chi connectivity index (χ4v) is 2.18. The lowest BCUT2D eigenvalue weighted by Gasteiger charge is -2.01. The van der Waals surface area contributed by atoms with Gasteiger partial charge in [-0.1, -0.05) is 32.0 Å². The molecule has 4 heteroatoms. The van der Waals surface area contributed by atoms with Crippen molar-refractivity contribution in [1.82, 2.24) is 9.55 Å². The van der Waals surface area contributed by atoms with Crippen molar-refractivity contribution in [3.05, 3.63) is 48.5 Å². The van der Waals surface area contributed by atoms with Crippen molar-refractivity contribution >= 4 is 16.7 Å². The highest BCUT2D eigenvalue weighted by Crippen LogP contribution is 2.26. The van der Waals surface area contributed by atoms with E-state index in [-0.39, 0.29) is 11.7 Å². The van der Waals surface area contributed by atoms with E-state index in [0.29, 0.717) is 11.6 Å². The summed E-state index contributed by atoms with van der Waals surface area (Å²) in [5, 5.41) is 0.930. The SMILES string of the molecule is CC(C)C(=O)c1cn(-c2ncco2)c2ccccc12. The molecule has 0 N–H and O–H groups in total. The number of carbonyl (C=O) groups excluding carboxylic acids is 1. The van der Waals surface area contributed by atoms with Crippen LogP contribution in [0.1, 0.15) is 24.2 Å². The van der Waals surface area contributed by atoms with Crippen molar-refractivity contribution in [1.29, 1.82) is 0 Å². The molecule has 0 aliphatic heterocycles. The molecule has 0 saturated carbocycles. The highest BCUT2D eigenvalue weighted by molar-refractivity contribution is 6.09. The Morgan fingerprint density at radius 3 is 2.79 bits per heavy atom. The molecule has 3 aromatic rings. The van der Waals surface area contributed by atoms with Crippen molar-refractivity contribution < 1.29 is 9.21 Å². The summed E-state index contributed by atoms with van der Waals surface area (Å²) in [6.45, 7) is 3.80.